The molecule has 3 heteroatoms. The maximum atomic E-state index is 5.40. The number of hydrogen-bond donors (Lipinski definition) is 1. The van der Waals surface area contributed by atoms with E-state index in [-0.39, 0.29) is 0 Å². The molecule has 0 aromatic carbocycles. The number of aromatic nitrogens is 2. The van der Waals surface area contributed by atoms with E-state index in [1.807, 2.05) is 0 Å². The molecule has 1 N–H and O–H groups in total. The van der Waals surface area contributed by atoms with Gasteiger partial charge in [-0.15, -0.1) is 0 Å². The molecule has 1 aromatic heterocycles. The van der Waals surface area contributed by atoms with Crippen molar-refractivity contribution in [3.05, 3.63) is 16.4 Å². The van der Waals surface area contributed by atoms with Crippen molar-refractivity contribution in [2.75, 3.05) is 0 Å². The number of nitrogens with zero attached hydrogens (tertiary/aromatic N) is 1. The summed E-state index contributed by atoms with van der Waals surface area (Å²) in [6.45, 7) is 2.16. The minimum Gasteiger partial charge on any atom is -0.301 e. The number of rotatable bonds is 2. The highest BCUT2D eigenvalue weighted by atomic mass is 32.1. The van der Waals surface area contributed by atoms with E-state index in [0.29, 0.717) is 6.04 Å². The largest absolute Gasteiger partial charge is 0.301 e. The third-order valence-electron chi connectivity index (χ3n) is 3.37. The van der Waals surface area contributed by atoms with Crippen molar-refractivity contribution in [1.82, 2.24) is 9.78 Å². The molecule has 1 aromatic rings. The predicted molar refractivity (Wildman–Crippen MR) is 65.7 cm³/mol. The van der Waals surface area contributed by atoms with E-state index in [2.05, 4.69) is 22.8 Å². The molecule has 2 nitrogen and oxygen atoms in total. The van der Waals surface area contributed by atoms with E-state index in [0.717, 1.165) is 11.1 Å². The fourth-order valence-electron chi connectivity index (χ4n) is 2.43. The van der Waals surface area contributed by atoms with E-state index >= 15 is 0 Å². The Bertz CT molecular complexity index is 356. The van der Waals surface area contributed by atoms with Crippen LogP contribution in [0.4, 0.5) is 0 Å². The van der Waals surface area contributed by atoms with E-state index < -0.39 is 0 Å². The van der Waals surface area contributed by atoms with Crippen LogP contribution in [0.3, 0.4) is 0 Å². The quantitative estimate of drug-likeness (QED) is 0.595. The molecule has 0 unspecified atom stereocenters. The first-order valence-corrected chi connectivity index (χ1v) is 6.52. The van der Waals surface area contributed by atoms with Crippen LogP contribution in [-0.4, -0.2) is 9.78 Å². The molecule has 0 radical (unpaired) electrons. The maximum absolute atomic E-state index is 5.40. The lowest BCUT2D eigenvalue weighted by molar-refractivity contribution is 0.399. The van der Waals surface area contributed by atoms with E-state index in [4.69, 9.17) is 12.2 Å². The summed E-state index contributed by atoms with van der Waals surface area (Å²) in [5, 5.41) is 3.44. The van der Waals surface area contributed by atoms with Crippen molar-refractivity contribution in [3.8, 4) is 0 Å². The molecule has 84 valence electrons. The summed E-state index contributed by atoms with van der Waals surface area (Å²) >= 11 is 5.40. The summed E-state index contributed by atoms with van der Waals surface area (Å²) < 4.78 is 3.21. The molecule has 1 saturated carbocycles. The molecule has 1 aliphatic rings. The van der Waals surface area contributed by atoms with Crippen molar-refractivity contribution in [1.29, 1.82) is 0 Å². The molecule has 0 bridgehead atoms. The normalized spacial score (nSPS) is 19.0. The molecule has 2 rings (SSSR count). The molecule has 0 aliphatic heterocycles. The predicted octanol–water partition coefficient (Wildman–Crippen LogP) is 4.00. The number of nitrogens with one attached hydrogen (secondary N) is 1. The van der Waals surface area contributed by atoms with Crippen LogP contribution in [0.2, 0.25) is 0 Å². The monoisotopic (exact) mass is 224 g/mol. The molecular weight excluding hydrogens is 204 g/mol. The first-order valence-electron chi connectivity index (χ1n) is 6.11. The molecule has 1 aliphatic carbocycles. The van der Waals surface area contributed by atoms with E-state index in [9.17, 15) is 0 Å². The van der Waals surface area contributed by atoms with Crippen molar-refractivity contribution in [3.63, 3.8) is 0 Å². The molecular formula is C12H20N2S. The molecule has 0 spiro atoms. The summed E-state index contributed by atoms with van der Waals surface area (Å²) in [6, 6.07) is 2.74. The highest BCUT2D eigenvalue weighted by Gasteiger charge is 2.15. The Hall–Kier alpha value is -0.570. The minimum absolute atomic E-state index is 0.625. The average Bonchev–Trinajstić information content (AvgIpc) is 2.48. The molecule has 1 fully saturated rings. The summed E-state index contributed by atoms with van der Waals surface area (Å²) in [5.41, 5.74) is 1.27. The van der Waals surface area contributed by atoms with Gasteiger partial charge < -0.3 is 5.10 Å². The molecule has 15 heavy (non-hydrogen) atoms. The highest BCUT2D eigenvalue weighted by Crippen LogP contribution is 2.27. The summed E-state index contributed by atoms with van der Waals surface area (Å²) in [5.74, 6) is 0. The van der Waals surface area contributed by atoms with Crippen LogP contribution in [0.5, 0.6) is 0 Å². The topological polar surface area (TPSA) is 20.7 Å². The third-order valence-corrected chi connectivity index (χ3v) is 3.68. The summed E-state index contributed by atoms with van der Waals surface area (Å²) in [4.78, 5) is 0. The number of aromatic amines is 1. The summed E-state index contributed by atoms with van der Waals surface area (Å²) in [7, 11) is 0. The number of hydrogen-bond acceptors (Lipinski definition) is 1. The first kappa shape index (κ1) is 10.9. The van der Waals surface area contributed by atoms with Crippen molar-refractivity contribution in [2.45, 2.75) is 57.9 Å². The van der Waals surface area contributed by atoms with Gasteiger partial charge in [-0.2, -0.15) is 0 Å². The second-order valence-corrected chi connectivity index (χ2v) is 4.91. The van der Waals surface area contributed by atoms with Gasteiger partial charge in [-0.05, 0) is 25.3 Å². The standard InChI is InChI=1S/C12H20N2S/c1-2-10-9-12(15)14(13-10)11-7-5-3-4-6-8-11/h9,11,13H,2-8H2,1H3. The van der Waals surface area contributed by atoms with Gasteiger partial charge in [0.15, 0.2) is 0 Å². The zero-order chi connectivity index (χ0) is 10.7. The Labute approximate surface area is 96.7 Å². The van der Waals surface area contributed by atoms with Gasteiger partial charge in [-0.1, -0.05) is 44.8 Å². The van der Waals surface area contributed by atoms with Crippen LogP contribution in [0.1, 0.15) is 57.2 Å². The van der Waals surface area contributed by atoms with Gasteiger partial charge >= 0.3 is 0 Å². The highest BCUT2D eigenvalue weighted by molar-refractivity contribution is 7.71. The first-order chi connectivity index (χ1) is 7.31. The third kappa shape index (κ3) is 2.51. The van der Waals surface area contributed by atoms with Gasteiger partial charge in [0, 0.05) is 5.69 Å². The SMILES string of the molecule is CCc1cc(=S)n(C2CCCCCC2)[nH]1. The lowest BCUT2D eigenvalue weighted by Gasteiger charge is -2.15. The van der Waals surface area contributed by atoms with Crippen LogP contribution in [0.25, 0.3) is 0 Å². The Morgan fingerprint density at radius 2 is 2.00 bits per heavy atom. The number of aryl methyl sites for hydroxylation is 1. The zero-order valence-electron chi connectivity index (χ0n) is 9.46. The Morgan fingerprint density at radius 3 is 2.53 bits per heavy atom. The molecule has 1 heterocycles. The number of H-pyrrole nitrogens is 1. The van der Waals surface area contributed by atoms with Crippen molar-refractivity contribution >= 4 is 12.2 Å². The smallest absolute Gasteiger partial charge is 0.122 e. The Kier molecular flexibility index (Phi) is 3.62. The maximum Gasteiger partial charge on any atom is 0.122 e. The van der Waals surface area contributed by atoms with E-state index in [1.54, 1.807) is 0 Å². The lowest BCUT2D eigenvalue weighted by Crippen LogP contribution is -2.10. The van der Waals surface area contributed by atoms with Crippen molar-refractivity contribution in [2.24, 2.45) is 0 Å². The van der Waals surface area contributed by atoms with Crippen LogP contribution < -0.4 is 0 Å². The second-order valence-electron chi connectivity index (χ2n) is 4.49. The Morgan fingerprint density at radius 1 is 1.33 bits per heavy atom. The van der Waals surface area contributed by atoms with Crippen LogP contribution in [0.15, 0.2) is 6.07 Å². The van der Waals surface area contributed by atoms with Gasteiger partial charge in [0.2, 0.25) is 0 Å². The zero-order valence-corrected chi connectivity index (χ0v) is 10.3. The Balaban J connectivity index is 2.19. The van der Waals surface area contributed by atoms with Crippen LogP contribution in [0, 0.1) is 4.64 Å². The van der Waals surface area contributed by atoms with Crippen LogP contribution in [-0.2, 0) is 6.42 Å². The minimum atomic E-state index is 0.625. The van der Waals surface area contributed by atoms with Gasteiger partial charge in [-0.25, -0.2) is 0 Å². The summed E-state index contributed by atoms with van der Waals surface area (Å²) in [6.07, 6.45) is 9.12. The van der Waals surface area contributed by atoms with E-state index in [1.165, 1.54) is 44.2 Å². The average molecular weight is 224 g/mol. The second kappa shape index (κ2) is 4.97. The fraction of sp³-hybridized carbons (Fsp3) is 0.750. The van der Waals surface area contributed by atoms with Gasteiger partial charge in [0.1, 0.15) is 4.64 Å². The molecule has 0 amide bonds. The van der Waals surface area contributed by atoms with Gasteiger partial charge in [0.25, 0.3) is 0 Å². The van der Waals surface area contributed by atoms with Gasteiger partial charge in [0.05, 0.1) is 6.04 Å². The van der Waals surface area contributed by atoms with Gasteiger partial charge in [-0.3, -0.25) is 4.68 Å². The lowest BCUT2D eigenvalue weighted by atomic mass is 10.1. The van der Waals surface area contributed by atoms with Crippen molar-refractivity contribution < 1.29 is 0 Å². The molecule has 0 saturated heterocycles. The fourth-order valence-corrected chi connectivity index (χ4v) is 2.77. The van der Waals surface area contributed by atoms with Crippen LogP contribution >= 0.6 is 12.2 Å². The molecule has 0 atom stereocenters.